The summed E-state index contributed by atoms with van der Waals surface area (Å²) in [5, 5.41) is -0.00270. The monoisotopic (exact) mass is 243 g/mol. The van der Waals surface area contributed by atoms with Crippen molar-refractivity contribution >= 4 is 17.6 Å². The molecule has 1 aliphatic rings. The first-order chi connectivity index (χ1) is 7.63. The van der Waals surface area contributed by atoms with E-state index in [2.05, 4.69) is 4.98 Å². The molecule has 0 aliphatic heterocycles. The molecule has 0 bridgehead atoms. The molecule has 0 N–H and O–H groups in total. The molecule has 1 fully saturated rings. The summed E-state index contributed by atoms with van der Waals surface area (Å²) in [6.45, 7) is 2.12. The molecule has 0 spiro atoms. The van der Waals surface area contributed by atoms with E-state index in [1.165, 1.54) is 6.07 Å². The highest BCUT2D eigenvalue weighted by molar-refractivity contribution is 6.30. The van der Waals surface area contributed by atoms with Crippen LogP contribution in [0.2, 0.25) is 5.02 Å². The lowest BCUT2D eigenvalue weighted by Gasteiger charge is -2.01. The van der Waals surface area contributed by atoms with E-state index in [0.717, 1.165) is 0 Å². The van der Waals surface area contributed by atoms with Crippen molar-refractivity contribution in [2.24, 2.45) is 5.92 Å². The smallest absolute Gasteiger partial charge is 0.309 e. The lowest BCUT2D eigenvalue weighted by Crippen LogP contribution is -2.07. The lowest BCUT2D eigenvalue weighted by atomic mass is 10.2. The zero-order chi connectivity index (χ0) is 11.7. The largest absolute Gasteiger partial charge is 0.466 e. The van der Waals surface area contributed by atoms with E-state index >= 15 is 0 Å². The zero-order valence-electron chi connectivity index (χ0n) is 8.74. The zero-order valence-corrected chi connectivity index (χ0v) is 9.50. The summed E-state index contributed by atoms with van der Waals surface area (Å²) in [6, 6.07) is 3.11. The van der Waals surface area contributed by atoms with E-state index in [0.29, 0.717) is 18.7 Å². The summed E-state index contributed by atoms with van der Waals surface area (Å²) in [7, 11) is 0. The minimum absolute atomic E-state index is 0.00270. The molecule has 0 aromatic carbocycles. The molecule has 1 aromatic heterocycles. The van der Waals surface area contributed by atoms with Crippen molar-refractivity contribution < 1.29 is 13.9 Å². The molecule has 86 valence electrons. The summed E-state index contributed by atoms with van der Waals surface area (Å²) in [4.78, 5) is 15.1. The van der Waals surface area contributed by atoms with Crippen LogP contribution in [0.3, 0.4) is 0 Å². The maximum absolute atomic E-state index is 13.1. The Bertz CT molecular complexity index is 424. The first kappa shape index (κ1) is 11.3. The molecule has 3 nitrogen and oxygen atoms in total. The fourth-order valence-electron chi connectivity index (χ4n) is 1.67. The third kappa shape index (κ3) is 2.16. The number of halogens is 2. The Morgan fingerprint density at radius 1 is 1.69 bits per heavy atom. The Kier molecular flexibility index (Phi) is 3.10. The van der Waals surface area contributed by atoms with Gasteiger partial charge in [0, 0.05) is 11.6 Å². The normalized spacial score (nSPS) is 22.9. The van der Waals surface area contributed by atoms with Crippen molar-refractivity contribution in [2.75, 3.05) is 6.61 Å². The second-order valence-electron chi connectivity index (χ2n) is 3.71. The van der Waals surface area contributed by atoms with Crippen LogP contribution in [0, 0.1) is 11.9 Å². The summed E-state index contributed by atoms with van der Waals surface area (Å²) in [5.41, 5.74) is 0.569. The molecule has 0 amide bonds. The van der Waals surface area contributed by atoms with Crippen LogP contribution in [-0.2, 0) is 9.53 Å². The number of hydrogen-bond acceptors (Lipinski definition) is 3. The molecule has 0 radical (unpaired) electrons. The van der Waals surface area contributed by atoms with Gasteiger partial charge in [-0.05, 0) is 25.5 Å². The molecule has 1 aromatic rings. The van der Waals surface area contributed by atoms with Crippen LogP contribution in [-0.4, -0.2) is 17.6 Å². The number of ether oxygens (including phenoxy) is 1. The SMILES string of the molecule is CCOC(=O)C1CC1c1ccc(Cl)c(F)n1. The summed E-state index contributed by atoms with van der Waals surface area (Å²) in [5.74, 6) is -1.11. The molecule has 2 rings (SSSR count). The molecule has 1 saturated carbocycles. The van der Waals surface area contributed by atoms with E-state index in [9.17, 15) is 9.18 Å². The van der Waals surface area contributed by atoms with E-state index < -0.39 is 5.95 Å². The number of esters is 1. The van der Waals surface area contributed by atoms with Gasteiger partial charge >= 0.3 is 5.97 Å². The Labute approximate surface area is 97.6 Å². The van der Waals surface area contributed by atoms with E-state index in [1.54, 1.807) is 13.0 Å². The van der Waals surface area contributed by atoms with Crippen molar-refractivity contribution in [3.8, 4) is 0 Å². The summed E-state index contributed by atoms with van der Waals surface area (Å²) >= 11 is 5.53. The number of rotatable bonds is 3. The average Bonchev–Trinajstić information content (AvgIpc) is 3.02. The highest BCUT2D eigenvalue weighted by Gasteiger charge is 2.46. The lowest BCUT2D eigenvalue weighted by molar-refractivity contribution is -0.144. The van der Waals surface area contributed by atoms with Crippen LogP contribution >= 0.6 is 11.6 Å². The van der Waals surface area contributed by atoms with Gasteiger partial charge in [0.2, 0.25) is 5.95 Å². The highest BCUT2D eigenvalue weighted by atomic mass is 35.5. The van der Waals surface area contributed by atoms with Crippen molar-refractivity contribution in [2.45, 2.75) is 19.3 Å². The number of hydrogen-bond donors (Lipinski definition) is 0. The fraction of sp³-hybridized carbons (Fsp3) is 0.455. The van der Waals surface area contributed by atoms with E-state index in [-0.39, 0.29) is 22.8 Å². The van der Waals surface area contributed by atoms with Gasteiger partial charge in [-0.2, -0.15) is 4.39 Å². The van der Waals surface area contributed by atoms with Crippen molar-refractivity contribution in [1.29, 1.82) is 0 Å². The van der Waals surface area contributed by atoms with Gasteiger partial charge in [-0.3, -0.25) is 4.79 Å². The predicted molar refractivity (Wildman–Crippen MR) is 56.7 cm³/mol. The number of pyridine rings is 1. The van der Waals surface area contributed by atoms with Gasteiger partial charge in [0.05, 0.1) is 17.5 Å². The van der Waals surface area contributed by atoms with Gasteiger partial charge in [0.1, 0.15) is 0 Å². The Hall–Kier alpha value is -1.16. The number of carbonyl (C=O) groups excluding carboxylic acids is 1. The molecular weight excluding hydrogens is 233 g/mol. The van der Waals surface area contributed by atoms with Crippen molar-refractivity contribution in [3.63, 3.8) is 0 Å². The van der Waals surface area contributed by atoms with Gasteiger partial charge in [-0.1, -0.05) is 11.6 Å². The molecule has 5 heteroatoms. The van der Waals surface area contributed by atoms with Crippen LogP contribution in [0.15, 0.2) is 12.1 Å². The first-order valence-corrected chi connectivity index (χ1v) is 5.50. The highest BCUT2D eigenvalue weighted by Crippen LogP contribution is 2.47. The first-order valence-electron chi connectivity index (χ1n) is 5.12. The number of nitrogens with zero attached hydrogens (tertiary/aromatic N) is 1. The second kappa shape index (κ2) is 4.37. The fourth-order valence-corrected chi connectivity index (χ4v) is 1.77. The molecule has 16 heavy (non-hydrogen) atoms. The number of carbonyl (C=O) groups is 1. The Morgan fingerprint density at radius 2 is 2.44 bits per heavy atom. The summed E-state index contributed by atoms with van der Waals surface area (Å²) in [6.07, 6.45) is 0.674. The summed E-state index contributed by atoms with van der Waals surface area (Å²) < 4.78 is 18.0. The third-order valence-corrected chi connectivity index (χ3v) is 2.87. The molecular formula is C11H11ClFNO2. The second-order valence-corrected chi connectivity index (χ2v) is 4.12. The Morgan fingerprint density at radius 3 is 3.06 bits per heavy atom. The molecule has 0 saturated heterocycles. The van der Waals surface area contributed by atoms with Gasteiger partial charge in [-0.15, -0.1) is 0 Å². The van der Waals surface area contributed by atoms with E-state index in [4.69, 9.17) is 16.3 Å². The topological polar surface area (TPSA) is 39.2 Å². The standard InChI is InChI=1S/C11H11ClFNO2/c1-2-16-11(15)7-5-6(7)9-4-3-8(12)10(13)14-9/h3-4,6-7H,2,5H2,1H3. The van der Waals surface area contributed by atoms with Crippen molar-refractivity contribution in [3.05, 3.63) is 28.8 Å². The minimum Gasteiger partial charge on any atom is -0.466 e. The van der Waals surface area contributed by atoms with Gasteiger partial charge in [0.15, 0.2) is 0 Å². The predicted octanol–water partition coefficient (Wildman–Crippen LogP) is 2.54. The van der Waals surface area contributed by atoms with Crippen LogP contribution < -0.4 is 0 Å². The van der Waals surface area contributed by atoms with E-state index in [1.807, 2.05) is 0 Å². The third-order valence-electron chi connectivity index (χ3n) is 2.58. The van der Waals surface area contributed by atoms with Crippen LogP contribution in [0.1, 0.15) is 25.0 Å². The number of aromatic nitrogens is 1. The molecule has 1 heterocycles. The van der Waals surface area contributed by atoms with Crippen molar-refractivity contribution in [1.82, 2.24) is 4.98 Å². The van der Waals surface area contributed by atoms with Crippen LogP contribution in [0.5, 0.6) is 0 Å². The van der Waals surface area contributed by atoms with Gasteiger partial charge in [0.25, 0.3) is 0 Å². The molecule has 1 aliphatic carbocycles. The maximum atomic E-state index is 13.1. The quantitative estimate of drug-likeness (QED) is 0.605. The van der Waals surface area contributed by atoms with Crippen LogP contribution in [0.25, 0.3) is 0 Å². The average molecular weight is 244 g/mol. The molecule has 2 unspecified atom stereocenters. The van der Waals surface area contributed by atoms with Gasteiger partial charge < -0.3 is 4.74 Å². The van der Waals surface area contributed by atoms with Crippen LogP contribution in [0.4, 0.5) is 4.39 Å². The van der Waals surface area contributed by atoms with Gasteiger partial charge in [-0.25, -0.2) is 4.98 Å². The maximum Gasteiger partial charge on any atom is 0.309 e. The Balaban J connectivity index is 2.06. The molecule has 2 atom stereocenters. The minimum atomic E-state index is -0.686.